The van der Waals surface area contributed by atoms with E-state index in [2.05, 4.69) is 10.6 Å². The summed E-state index contributed by atoms with van der Waals surface area (Å²) in [6.45, 7) is 9.38. The molecular weight excluding hydrogens is 358 g/mol. The van der Waals surface area contributed by atoms with Gasteiger partial charge in [0.2, 0.25) is 0 Å². The Kier molecular flexibility index (Phi) is 6.98. The molecule has 1 aromatic carbocycles. The third-order valence-corrected chi connectivity index (χ3v) is 4.29. The lowest BCUT2D eigenvalue weighted by Gasteiger charge is -2.14. The van der Waals surface area contributed by atoms with Crippen LogP contribution in [0.1, 0.15) is 48.1 Å². The van der Waals surface area contributed by atoms with E-state index in [1.54, 1.807) is 19.9 Å². The number of rotatable bonds is 6. The fourth-order valence-corrected chi connectivity index (χ4v) is 2.81. The van der Waals surface area contributed by atoms with Crippen molar-refractivity contribution in [3.63, 3.8) is 0 Å². The van der Waals surface area contributed by atoms with Crippen LogP contribution in [0.5, 0.6) is 0 Å². The number of esters is 1. The second-order valence-corrected chi connectivity index (χ2v) is 7.02. The highest BCUT2D eigenvalue weighted by atomic mass is 16.5. The van der Waals surface area contributed by atoms with Crippen LogP contribution in [-0.4, -0.2) is 34.6 Å². The molecule has 0 fully saturated rings. The van der Waals surface area contributed by atoms with Crippen molar-refractivity contribution in [3.8, 4) is 0 Å². The van der Waals surface area contributed by atoms with Crippen LogP contribution in [0.3, 0.4) is 0 Å². The Balaban J connectivity index is 2.05. The van der Waals surface area contributed by atoms with Gasteiger partial charge in [-0.15, -0.1) is 0 Å². The fourth-order valence-electron chi connectivity index (χ4n) is 2.81. The highest BCUT2D eigenvalue weighted by molar-refractivity contribution is 5.98. The van der Waals surface area contributed by atoms with E-state index < -0.39 is 24.0 Å². The van der Waals surface area contributed by atoms with Gasteiger partial charge >= 0.3 is 12.0 Å². The number of aromatic nitrogens is 1. The summed E-state index contributed by atoms with van der Waals surface area (Å²) in [6, 6.07) is 10.9. The smallest absolute Gasteiger partial charge is 0.340 e. The topological polar surface area (TPSA) is 89.4 Å². The van der Waals surface area contributed by atoms with E-state index in [4.69, 9.17) is 4.74 Å². The Morgan fingerprint density at radius 1 is 1.07 bits per heavy atom. The van der Waals surface area contributed by atoms with Crippen molar-refractivity contribution >= 4 is 17.9 Å². The van der Waals surface area contributed by atoms with E-state index in [1.807, 2.05) is 48.7 Å². The molecule has 0 spiro atoms. The number of hydrogen-bond acceptors (Lipinski definition) is 4. The summed E-state index contributed by atoms with van der Waals surface area (Å²) in [5.74, 6) is -1.27. The normalized spacial score (nSPS) is 11.8. The summed E-state index contributed by atoms with van der Waals surface area (Å²) in [4.78, 5) is 36.2. The van der Waals surface area contributed by atoms with Gasteiger partial charge in [-0.25, -0.2) is 9.59 Å². The van der Waals surface area contributed by atoms with Crippen LogP contribution in [0.15, 0.2) is 36.4 Å². The molecule has 7 heteroatoms. The molecule has 0 aliphatic rings. The number of aryl methyl sites for hydroxylation is 1. The summed E-state index contributed by atoms with van der Waals surface area (Å²) in [7, 11) is 0. The van der Waals surface area contributed by atoms with Gasteiger partial charge in [-0.3, -0.25) is 10.1 Å². The number of carbonyl (C=O) groups is 3. The predicted molar refractivity (Wildman–Crippen MR) is 106 cm³/mol. The van der Waals surface area contributed by atoms with Gasteiger partial charge in [0, 0.05) is 24.0 Å². The van der Waals surface area contributed by atoms with Crippen molar-refractivity contribution in [2.75, 3.05) is 0 Å². The Labute approximate surface area is 165 Å². The minimum atomic E-state index is -1.09. The molecule has 1 aromatic heterocycles. The summed E-state index contributed by atoms with van der Waals surface area (Å²) >= 11 is 0. The Morgan fingerprint density at radius 3 is 2.32 bits per heavy atom. The zero-order chi connectivity index (χ0) is 20.8. The molecule has 0 aliphatic heterocycles. The molecule has 2 aromatic rings. The second kappa shape index (κ2) is 9.21. The number of nitrogens with zero attached hydrogens (tertiary/aromatic N) is 1. The third-order valence-electron chi connectivity index (χ3n) is 4.29. The zero-order valence-electron chi connectivity index (χ0n) is 16.9. The minimum absolute atomic E-state index is 0.110. The van der Waals surface area contributed by atoms with Gasteiger partial charge in [0.1, 0.15) is 0 Å². The van der Waals surface area contributed by atoms with E-state index in [-0.39, 0.29) is 6.04 Å². The zero-order valence-corrected chi connectivity index (χ0v) is 16.9. The fraction of sp³-hybridized carbons (Fsp3) is 0.381. The second-order valence-electron chi connectivity index (χ2n) is 7.02. The molecule has 0 radical (unpaired) electrons. The maximum absolute atomic E-state index is 12.5. The number of hydrogen-bond donors (Lipinski definition) is 2. The molecule has 0 unspecified atom stereocenters. The van der Waals surface area contributed by atoms with Crippen molar-refractivity contribution in [2.45, 2.75) is 53.3 Å². The Hall–Kier alpha value is -3.09. The average molecular weight is 385 g/mol. The van der Waals surface area contributed by atoms with Crippen molar-refractivity contribution in [3.05, 3.63) is 58.9 Å². The molecule has 0 saturated heterocycles. The standard InChI is InChI=1S/C21H27N3O4/c1-13(2)22-21(27)23-19(25)16(5)28-20(26)18-11-14(3)24(15(18)4)12-17-9-7-6-8-10-17/h6-11,13,16H,12H2,1-5H3,(H2,22,23,25,27)/t16-/m0/s1. The van der Waals surface area contributed by atoms with E-state index in [0.717, 1.165) is 17.0 Å². The lowest BCUT2D eigenvalue weighted by atomic mass is 10.2. The van der Waals surface area contributed by atoms with Crippen LogP contribution in [0.25, 0.3) is 0 Å². The number of nitrogens with one attached hydrogen (secondary N) is 2. The molecule has 0 saturated carbocycles. The molecule has 1 atom stereocenters. The lowest BCUT2D eigenvalue weighted by molar-refractivity contribution is -0.127. The number of amides is 3. The van der Waals surface area contributed by atoms with E-state index in [0.29, 0.717) is 12.1 Å². The first-order chi connectivity index (χ1) is 13.2. The maximum atomic E-state index is 12.5. The SMILES string of the molecule is Cc1cc(C(=O)O[C@@H](C)C(=O)NC(=O)NC(C)C)c(C)n1Cc1ccccc1. The highest BCUT2D eigenvalue weighted by Crippen LogP contribution is 2.18. The van der Waals surface area contributed by atoms with Crippen LogP contribution in [0, 0.1) is 13.8 Å². The minimum Gasteiger partial charge on any atom is -0.449 e. The molecule has 3 amide bonds. The molecule has 2 rings (SSSR count). The molecule has 1 heterocycles. The molecule has 150 valence electrons. The van der Waals surface area contributed by atoms with Gasteiger partial charge in [-0.05, 0) is 46.2 Å². The third kappa shape index (κ3) is 5.45. The van der Waals surface area contributed by atoms with Gasteiger partial charge in [-0.2, -0.15) is 0 Å². The Bertz CT molecular complexity index is 856. The molecule has 28 heavy (non-hydrogen) atoms. The summed E-state index contributed by atoms with van der Waals surface area (Å²) in [6.07, 6.45) is -1.09. The van der Waals surface area contributed by atoms with E-state index >= 15 is 0 Å². The van der Waals surface area contributed by atoms with Crippen molar-refractivity contribution in [2.24, 2.45) is 0 Å². The molecule has 0 bridgehead atoms. The number of imide groups is 1. The van der Waals surface area contributed by atoms with Gasteiger partial charge in [0.05, 0.1) is 5.56 Å². The van der Waals surface area contributed by atoms with Crippen LogP contribution >= 0.6 is 0 Å². The molecule has 7 nitrogen and oxygen atoms in total. The van der Waals surface area contributed by atoms with Crippen LogP contribution in [0.2, 0.25) is 0 Å². The number of ether oxygens (including phenoxy) is 1. The van der Waals surface area contributed by atoms with Gasteiger partial charge in [0.25, 0.3) is 5.91 Å². The number of carbonyl (C=O) groups excluding carboxylic acids is 3. The first-order valence-corrected chi connectivity index (χ1v) is 9.22. The van der Waals surface area contributed by atoms with Crippen molar-refractivity contribution in [1.82, 2.24) is 15.2 Å². The first kappa shape index (κ1) is 21.2. The number of urea groups is 1. The monoisotopic (exact) mass is 385 g/mol. The quantitative estimate of drug-likeness (QED) is 0.748. The molecule has 2 N–H and O–H groups in total. The molecular formula is C21H27N3O4. The summed E-state index contributed by atoms with van der Waals surface area (Å²) in [5.41, 5.74) is 3.20. The highest BCUT2D eigenvalue weighted by Gasteiger charge is 2.24. The summed E-state index contributed by atoms with van der Waals surface area (Å²) < 4.78 is 7.28. The Morgan fingerprint density at radius 2 is 1.71 bits per heavy atom. The van der Waals surface area contributed by atoms with E-state index in [9.17, 15) is 14.4 Å². The predicted octanol–water partition coefficient (Wildman–Crippen LogP) is 2.93. The van der Waals surface area contributed by atoms with Crippen molar-refractivity contribution in [1.29, 1.82) is 0 Å². The maximum Gasteiger partial charge on any atom is 0.340 e. The average Bonchev–Trinajstić information content (AvgIpc) is 2.90. The largest absolute Gasteiger partial charge is 0.449 e. The lowest BCUT2D eigenvalue weighted by Crippen LogP contribution is -2.46. The van der Waals surface area contributed by atoms with Crippen LogP contribution in [0.4, 0.5) is 4.79 Å². The van der Waals surface area contributed by atoms with E-state index in [1.165, 1.54) is 6.92 Å². The number of benzene rings is 1. The first-order valence-electron chi connectivity index (χ1n) is 9.22. The summed E-state index contributed by atoms with van der Waals surface area (Å²) in [5, 5.41) is 4.70. The van der Waals surface area contributed by atoms with Gasteiger partial charge in [-0.1, -0.05) is 30.3 Å². The molecule has 0 aliphatic carbocycles. The van der Waals surface area contributed by atoms with Crippen molar-refractivity contribution < 1.29 is 19.1 Å². The van der Waals surface area contributed by atoms with Crippen LogP contribution in [-0.2, 0) is 16.1 Å². The van der Waals surface area contributed by atoms with Gasteiger partial charge < -0.3 is 14.6 Å². The van der Waals surface area contributed by atoms with Gasteiger partial charge in [0.15, 0.2) is 6.10 Å². The van der Waals surface area contributed by atoms with Crippen LogP contribution < -0.4 is 10.6 Å².